The summed E-state index contributed by atoms with van der Waals surface area (Å²) in [5.41, 5.74) is -1.09. The molecule has 0 radical (unpaired) electrons. The third-order valence-electron chi connectivity index (χ3n) is 1.90. The molecule has 7 heteroatoms. The lowest BCUT2D eigenvalue weighted by Gasteiger charge is -2.06. The van der Waals surface area contributed by atoms with Gasteiger partial charge >= 0.3 is 5.69 Å². The number of benzene rings is 1. The highest BCUT2D eigenvalue weighted by Gasteiger charge is 2.24. The second-order valence-corrected chi connectivity index (χ2v) is 3.05. The summed E-state index contributed by atoms with van der Waals surface area (Å²) >= 11 is 0. The highest BCUT2D eigenvalue weighted by atomic mass is 16.6. The molecule has 0 saturated heterocycles. The normalized spacial score (nSPS) is 8.88. The third-order valence-corrected chi connectivity index (χ3v) is 1.90. The molecular weight excluding hydrogens is 224 g/mol. The zero-order valence-electron chi connectivity index (χ0n) is 8.72. The van der Waals surface area contributed by atoms with Gasteiger partial charge in [0.2, 0.25) is 5.91 Å². The summed E-state index contributed by atoms with van der Waals surface area (Å²) in [5.74, 6) is -0.556. The van der Waals surface area contributed by atoms with Gasteiger partial charge in [-0.1, -0.05) is 0 Å². The van der Waals surface area contributed by atoms with Crippen LogP contribution in [0, 0.1) is 32.8 Å². The average molecular weight is 230 g/mol. The number of carbonyl (C=O) groups excluding carboxylic acids is 1. The quantitative estimate of drug-likeness (QED) is 0.606. The van der Waals surface area contributed by atoms with Gasteiger partial charge in [-0.15, -0.1) is 0 Å². The molecule has 0 aliphatic carbocycles. The first-order chi connectivity index (χ1) is 8.01. The van der Waals surface area contributed by atoms with E-state index in [1.807, 2.05) is 0 Å². The fourth-order valence-corrected chi connectivity index (χ4v) is 1.27. The van der Waals surface area contributed by atoms with Crippen LogP contribution in [0.3, 0.4) is 0 Å². The smallest absolute Gasteiger partial charge is 0.311 e. The van der Waals surface area contributed by atoms with Crippen molar-refractivity contribution in [2.75, 3.05) is 5.32 Å². The predicted octanol–water partition coefficient (Wildman–Crippen LogP) is 1.30. The molecule has 0 aliphatic rings. The van der Waals surface area contributed by atoms with Gasteiger partial charge < -0.3 is 5.32 Å². The molecule has 0 atom stereocenters. The number of nitro groups is 1. The maximum Gasteiger partial charge on any atom is 0.311 e. The summed E-state index contributed by atoms with van der Waals surface area (Å²) in [6.07, 6.45) is 0. The van der Waals surface area contributed by atoms with E-state index in [1.54, 1.807) is 12.1 Å². The van der Waals surface area contributed by atoms with Crippen molar-refractivity contribution in [1.29, 1.82) is 10.5 Å². The van der Waals surface area contributed by atoms with E-state index >= 15 is 0 Å². The van der Waals surface area contributed by atoms with Gasteiger partial charge in [-0.05, 0) is 12.1 Å². The first-order valence-electron chi connectivity index (χ1n) is 4.40. The minimum absolute atomic E-state index is 0.0640. The van der Waals surface area contributed by atoms with E-state index in [1.165, 1.54) is 12.1 Å². The topological polar surface area (TPSA) is 120 Å². The Morgan fingerprint density at radius 2 is 1.88 bits per heavy atom. The zero-order valence-corrected chi connectivity index (χ0v) is 8.72. The van der Waals surface area contributed by atoms with E-state index in [4.69, 9.17) is 10.5 Å². The lowest BCUT2D eigenvalue weighted by atomic mass is 10.1. The van der Waals surface area contributed by atoms with Crippen molar-refractivity contribution >= 4 is 17.3 Å². The lowest BCUT2D eigenvalue weighted by molar-refractivity contribution is -0.384. The summed E-state index contributed by atoms with van der Waals surface area (Å²) in [6.45, 7) is 1.16. The molecule has 0 aliphatic heterocycles. The molecule has 0 bridgehead atoms. The van der Waals surface area contributed by atoms with Gasteiger partial charge in [0.05, 0.1) is 10.5 Å². The molecular formula is C10H6N4O3. The number of rotatable bonds is 2. The summed E-state index contributed by atoms with van der Waals surface area (Å²) < 4.78 is 0. The molecule has 0 spiro atoms. The number of carbonyl (C=O) groups is 1. The Hall–Kier alpha value is -2.93. The number of anilines is 1. The van der Waals surface area contributed by atoms with E-state index in [2.05, 4.69) is 5.32 Å². The number of hydrogen-bond acceptors (Lipinski definition) is 5. The van der Waals surface area contributed by atoms with Crippen molar-refractivity contribution in [3.05, 3.63) is 33.4 Å². The fraction of sp³-hybridized carbons (Fsp3) is 0.100. The van der Waals surface area contributed by atoms with Gasteiger partial charge in [0.1, 0.15) is 23.4 Å². The summed E-state index contributed by atoms with van der Waals surface area (Å²) in [4.78, 5) is 21.0. The van der Waals surface area contributed by atoms with Gasteiger partial charge in [0, 0.05) is 6.92 Å². The van der Waals surface area contributed by atoms with Crippen LogP contribution in [-0.4, -0.2) is 10.8 Å². The van der Waals surface area contributed by atoms with E-state index < -0.39 is 16.5 Å². The van der Waals surface area contributed by atoms with Gasteiger partial charge in [-0.3, -0.25) is 14.9 Å². The number of nitro benzene ring substituents is 1. The van der Waals surface area contributed by atoms with Crippen molar-refractivity contribution < 1.29 is 9.72 Å². The summed E-state index contributed by atoms with van der Waals surface area (Å²) in [5, 5.41) is 30.6. The molecule has 1 aromatic rings. The zero-order chi connectivity index (χ0) is 13.0. The third kappa shape index (κ3) is 2.36. The van der Waals surface area contributed by atoms with Crippen molar-refractivity contribution in [3.8, 4) is 12.1 Å². The molecule has 84 valence electrons. The van der Waals surface area contributed by atoms with Crippen LogP contribution in [0.5, 0.6) is 0 Å². The van der Waals surface area contributed by atoms with Crippen LogP contribution in [0.15, 0.2) is 12.1 Å². The molecule has 0 heterocycles. The standard InChI is InChI=1S/C10H6N4O3/c1-6(15)13-9-7(4-11)2-3-8(5-12)10(9)14(16)17/h2-3H,1H3,(H,13,15). The first-order valence-corrected chi connectivity index (χ1v) is 4.40. The van der Waals surface area contributed by atoms with E-state index in [0.717, 1.165) is 6.92 Å². The Morgan fingerprint density at radius 1 is 1.35 bits per heavy atom. The molecule has 0 unspecified atom stereocenters. The van der Waals surface area contributed by atoms with Crippen LogP contribution >= 0.6 is 0 Å². The molecule has 1 aromatic carbocycles. The molecule has 1 amide bonds. The fourth-order valence-electron chi connectivity index (χ4n) is 1.27. The van der Waals surface area contributed by atoms with Gasteiger partial charge in [0.15, 0.2) is 0 Å². The monoisotopic (exact) mass is 230 g/mol. The average Bonchev–Trinajstić information content (AvgIpc) is 2.27. The van der Waals surface area contributed by atoms with Crippen LogP contribution in [0.1, 0.15) is 18.1 Å². The molecule has 0 fully saturated rings. The summed E-state index contributed by atoms with van der Waals surface area (Å²) in [7, 11) is 0. The number of hydrogen-bond donors (Lipinski definition) is 1. The summed E-state index contributed by atoms with van der Waals surface area (Å²) in [6, 6.07) is 5.77. The van der Waals surface area contributed by atoms with E-state index in [9.17, 15) is 14.9 Å². The Morgan fingerprint density at radius 3 is 2.29 bits per heavy atom. The minimum atomic E-state index is -0.801. The number of nitrogens with zero attached hydrogens (tertiary/aromatic N) is 3. The van der Waals surface area contributed by atoms with Crippen LogP contribution < -0.4 is 5.32 Å². The predicted molar refractivity (Wildman–Crippen MR) is 56.8 cm³/mol. The molecule has 1 N–H and O–H groups in total. The first kappa shape index (κ1) is 12.1. The Bertz CT molecular complexity index is 580. The number of nitrogens with one attached hydrogen (secondary N) is 1. The van der Waals surface area contributed by atoms with Gasteiger partial charge in [-0.2, -0.15) is 10.5 Å². The van der Waals surface area contributed by atoms with Crippen LogP contribution in [0.2, 0.25) is 0 Å². The molecule has 0 aromatic heterocycles. The number of nitriles is 2. The van der Waals surface area contributed by atoms with E-state index in [0.29, 0.717) is 0 Å². The van der Waals surface area contributed by atoms with Crippen LogP contribution in [0.25, 0.3) is 0 Å². The van der Waals surface area contributed by atoms with E-state index in [-0.39, 0.29) is 16.8 Å². The highest BCUT2D eigenvalue weighted by molar-refractivity contribution is 5.94. The van der Waals surface area contributed by atoms with Crippen LogP contribution in [-0.2, 0) is 4.79 Å². The van der Waals surface area contributed by atoms with Crippen molar-refractivity contribution in [2.45, 2.75) is 6.92 Å². The number of amides is 1. The van der Waals surface area contributed by atoms with Crippen molar-refractivity contribution in [3.63, 3.8) is 0 Å². The molecule has 17 heavy (non-hydrogen) atoms. The Labute approximate surface area is 96.0 Å². The Kier molecular flexibility index (Phi) is 3.38. The maximum absolute atomic E-state index is 10.9. The second kappa shape index (κ2) is 4.73. The SMILES string of the molecule is CC(=O)Nc1c(C#N)ccc(C#N)c1[N+](=O)[O-]. The van der Waals surface area contributed by atoms with Gasteiger partial charge in [-0.25, -0.2) is 0 Å². The highest BCUT2D eigenvalue weighted by Crippen LogP contribution is 2.31. The van der Waals surface area contributed by atoms with Gasteiger partial charge in [0.25, 0.3) is 0 Å². The minimum Gasteiger partial charge on any atom is -0.319 e. The van der Waals surface area contributed by atoms with Crippen LogP contribution in [0.4, 0.5) is 11.4 Å². The maximum atomic E-state index is 10.9. The Balaban J connectivity index is 3.60. The van der Waals surface area contributed by atoms with Crippen molar-refractivity contribution in [1.82, 2.24) is 0 Å². The van der Waals surface area contributed by atoms with Crippen molar-refractivity contribution in [2.24, 2.45) is 0 Å². The molecule has 1 rings (SSSR count). The largest absolute Gasteiger partial charge is 0.319 e. The lowest BCUT2D eigenvalue weighted by Crippen LogP contribution is -2.10. The molecule has 0 saturated carbocycles. The molecule has 7 nitrogen and oxygen atoms in total. The second-order valence-electron chi connectivity index (χ2n) is 3.05.